The van der Waals surface area contributed by atoms with Gasteiger partial charge in [0.25, 0.3) is 5.91 Å². The molecule has 0 saturated carbocycles. The highest BCUT2D eigenvalue weighted by atomic mass is 16.5. The van der Waals surface area contributed by atoms with Gasteiger partial charge in [0.05, 0.1) is 15.6 Å². The van der Waals surface area contributed by atoms with Crippen molar-refractivity contribution in [3.05, 3.63) is 78.1 Å². The fourth-order valence-electron chi connectivity index (χ4n) is 3.51. The van der Waals surface area contributed by atoms with Crippen LogP contribution in [0.3, 0.4) is 0 Å². The molecular weight excluding hydrogens is 430 g/mol. The largest absolute Gasteiger partial charge is 0.493 e. The van der Waals surface area contributed by atoms with Gasteiger partial charge in [0.2, 0.25) is 0 Å². The molecule has 2 aromatic carbocycles. The first kappa shape index (κ1) is 20.8. The van der Waals surface area contributed by atoms with E-state index in [2.05, 4.69) is 21.6 Å². The Kier molecular flexibility index (Phi) is 6.96. The van der Waals surface area contributed by atoms with Crippen molar-refractivity contribution in [1.29, 1.82) is 0 Å². The van der Waals surface area contributed by atoms with Crippen molar-refractivity contribution in [3.63, 3.8) is 0 Å². The monoisotopic (exact) mass is 463 g/mol. The normalized spacial score (nSPS) is 14.0. The summed E-state index contributed by atoms with van der Waals surface area (Å²) in [4.78, 5) is 14.8. The van der Waals surface area contributed by atoms with Crippen molar-refractivity contribution >= 4 is 11.7 Å². The van der Waals surface area contributed by atoms with Gasteiger partial charge in [-0.2, -0.15) is 0 Å². The van der Waals surface area contributed by atoms with Crippen molar-refractivity contribution in [2.24, 2.45) is 5.10 Å². The molecule has 34 heavy (non-hydrogen) atoms. The van der Waals surface area contributed by atoms with Crippen LogP contribution in [0.2, 0.25) is 0 Å². The number of furan rings is 1. The highest BCUT2D eigenvalue weighted by Crippen LogP contribution is 2.24. The molecule has 1 aliphatic heterocycles. The van der Waals surface area contributed by atoms with Gasteiger partial charge < -0.3 is 14.1 Å². The first-order chi connectivity index (χ1) is 17.4. The summed E-state index contributed by atoms with van der Waals surface area (Å²) in [6.07, 6.45) is 3.99. The maximum Gasteiger partial charge on any atom is 0.254 e. The number of amides is 1. The van der Waals surface area contributed by atoms with E-state index in [9.17, 15) is 4.79 Å². The number of carbonyl (C=O) groups excluding carboxylic acids is 1. The maximum absolute atomic E-state index is 13.5. The van der Waals surface area contributed by atoms with E-state index in [4.69, 9.17) is 11.9 Å². The van der Waals surface area contributed by atoms with Crippen molar-refractivity contribution in [1.82, 2.24) is 21.4 Å². The first-order valence-electron chi connectivity index (χ1n) is 12.4. The predicted octanol–water partition coefficient (Wildman–Crippen LogP) is 4.47. The Morgan fingerprint density at radius 1 is 1.12 bits per heavy atom. The lowest BCUT2D eigenvalue weighted by atomic mass is 10.1. The summed E-state index contributed by atoms with van der Waals surface area (Å²) in [6, 6.07) is 17.2. The number of unbranched alkanes of at least 4 members (excludes halogenated alkanes) is 1. The van der Waals surface area contributed by atoms with Crippen LogP contribution in [0, 0.1) is 0 Å². The molecular formula is C26H31N5O3. The molecule has 8 nitrogen and oxygen atoms in total. The van der Waals surface area contributed by atoms with Crippen LogP contribution in [-0.4, -0.2) is 29.3 Å². The molecule has 0 fully saturated rings. The Balaban J connectivity index is 1.48. The van der Waals surface area contributed by atoms with Gasteiger partial charge in [0.1, 0.15) is 17.3 Å². The second kappa shape index (κ2) is 11.4. The molecule has 3 N–H and O–H groups in total. The molecule has 0 aliphatic carbocycles. The number of para-hydroxylation sites is 1. The minimum absolute atomic E-state index is 0.314. The van der Waals surface area contributed by atoms with Gasteiger partial charge in [-0.3, -0.25) is 10.2 Å². The predicted molar refractivity (Wildman–Crippen MR) is 132 cm³/mol. The van der Waals surface area contributed by atoms with E-state index >= 15 is 0 Å². The third-order valence-corrected chi connectivity index (χ3v) is 5.32. The molecule has 1 aromatic heterocycles. The molecule has 3 aromatic rings. The topological polar surface area (TPSA) is 91.1 Å². The van der Waals surface area contributed by atoms with Crippen LogP contribution in [-0.2, 0) is 6.50 Å². The SMILES string of the molecule is [2H]C([2H])(c1ccccc1OCCCCC1=NNNN1)N(C(=O)c1ccc(-c2ccco2)cc1)C(C)C. The van der Waals surface area contributed by atoms with Crippen LogP contribution in [0.4, 0.5) is 0 Å². The van der Waals surface area contributed by atoms with Gasteiger partial charge in [-0.25, -0.2) is 5.53 Å². The van der Waals surface area contributed by atoms with E-state index in [1.165, 1.54) is 4.90 Å². The molecule has 0 bridgehead atoms. The van der Waals surface area contributed by atoms with Crippen LogP contribution in [0.5, 0.6) is 5.75 Å². The number of hydrogen-bond acceptors (Lipinski definition) is 7. The van der Waals surface area contributed by atoms with E-state index in [-0.39, 0.29) is 0 Å². The lowest BCUT2D eigenvalue weighted by Gasteiger charge is -2.28. The molecule has 0 radical (unpaired) electrons. The number of nitrogens with zero attached hydrogens (tertiary/aromatic N) is 2. The highest BCUT2D eigenvalue weighted by Gasteiger charge is 2.21. The average Bonchev–Trinajstić information content (AvgIpc) is 3.59. The molecule has 0 atom stereocenters. The zero-order valence-corrected chi connectivity index (χ0v) is 19.4. The number of amidine groups is 1. The average molecular weight is 464 g/mol. The third-order valence-electron chi connectivity index (χ3n) is 5.32. The van der Waals surface area contributed by atoms with Gasteiger partial charge >= 0.3 is 0 Å². The second-order valence-corrected chi connectivity index (χ2v) is 8.16. The zero-order chi connectivity index (χ0) is 25.5. The molecule has 2 heterocycles. The smallest absolute Gasteiger partial charge is 0.254 e. The summed E-state index contributed by atoms with van der Waals surface area (Å²) in [5.74, 6) is 1.56. The molecule has 0 spiro atoms. The molecule has 1 aliphatic rings. The maximum atomic E-state index is 13.5. The Labute approximate surface area is 202 Å². The van der Waals surface area contributed by atoms with Gasteiger partial charge in [-0.1, -0.05) is 30.3 Å². The van der Waals surface area contributed by atoms with E-state index in [1.807, 2.05) is 6.07 Å². The molecule has 0 unspecified atom stereocenters. The molecule has 0 saturated heterocycles. The first-order valence-corrected chi connectivity index (χ1v) is 11.4. The lowest BCUT2D eigenvalue weighted by Crippen LogP contribution is -2.36. The summed E-state index contributed by atoms with van der Waals surface area (Å²) < 4.78 is 29.4. The van der Waals surface area contributed by atoms with Crippen molar-refractivity contribution < 1.29 is 16.7 Å². The van der Waals surface area contributed by atoms with Crippen molar-refractivity contribution in [3.8, 4) is 17.1 Å². The van der Waals surface area contributed by atoms with Crippen molar-refractivity contribution in [2.75, 3.05) is 6.61 Å². The van der Waals surface area contributed by atoms with E-state index < -0.39 is 18.4 Å². The zero-order valence-electron chi connectivity index (χ0n) is 21.4. The standard InChI is InChI=1S/C26H31N5O3/c1-19(2)31(26(32)21-14-12-20(13-15-21)23-10-7-17-34-23)18-22-8-3-4-9-24(22)33-16-6-5-11-25-27-29-30-28-25/h3-4,7-10,12-15,17,19,29-30H,5-6,11,16,18H2,1-2H3,(H,27,28)/i18D2. The third kappa shape index (κ3) is 5.96. The summed E-state index contributed by atoms with van der Waals surface area (Å²) in [5, 5.41) is 4.04. The Morgan fingerprint density at radius 2 is 1.94 bits per heavy atom. The van der Waals surface area contributed by atoms with Crippen molar-refractivity contribution in [2.45, 2.75) is 45.6 Å². The fraction of sp³-hybridized carbons (Fsp3) is 0.308. The number of rotatable bonds is 11. The van der Waals surface area contributed by atoms with E-state index in [1.54, 1.807) is 74.7 Å². The van der Waals surface area contributed by atoms with E-state index in [0.717, 1.165) is 30.7 Å². The summed E-state index contributed by atoms with van der Waals surface area (Å²) in [7, 11) is 0. The number of hydrazone groups is 1. The number of hydrogen-bond donors (Lipinski definition) is 3. The Morgan fingerprint density at radius 3 is 2.65 bits per heavy atom. The Hall–Kier alpha value is -3.78. The number of benzene rings is 2. The minimum Gasteiger partial charge on any atom is -0.493 e. The fourth-order valence-corrected chi connectivity index (χ4v) is 3.51. The van der Waals surface area contributed by atoms with Gasteiger partial charge in [0.15, 0.2) is 0 Å². The molecule has 4 rings (SSSR count). The number of nitrogens with one attached hydrogen (secondary N) is 3. The van der Waals surface area contributed by atoms with Crippen LogP contribution in [0.15, 0.2) is 76.4 Å². The summed E-state index contributed by atoms with van der Waals surface area (Å²) in [5.41, 5.74) is 9.79. The molecule has 178 valence electrons. The van der Waals surface area contributed by atoms with E-state index in [0.29, 0.717) is 29.2 Å². The summed E-state index contributed by atoms with van der Waals surface area (Å²) >= 11 is 0. The molecule has 8 heteroatoms. The van der Waals surface area contributed by atoms with Gasteiger partial charge in [-0.05, 0) is 57.0 Å². The summed E-state index contributed by atoms with van der Waals surface area (Å²) in [6.45, 7) is 1.94. The van der Waals surface area contributed by atoms with Crippen LogP contribution >= 0.6 is 0 Å². The number of hydrazine groups is 2. The van der Waals surface area contributed by atoms with Crippen LogP contribution < -0.4 is 21.2 Å². The van der Waals surface area contributed by atoms with Crippen LogP contribution in [0.1, 0.15) is 51.8 Å². The molecule has 1 amide bonds. The lowest BCUT2D eigenvalue weighted by molar-refractivity contribution is 0.0688. The van der Waals surface area contributed by atoms with Crippen LogP contribution in [0.25, 0.3) is 11.3 Å². The number of carbonyl (C=O) groups is 1. The minimum atomic E-state index is -2.10. The highest BCUT2D eigenvalue weighted by molar-refractivity contribution is 5.94. The van der Waals surface area contributed by atoms with Gasteiger partial charge in [0, 0.05) is 35.6 Å². The quantitative estimate of drug-likeness (QED) is 0.364. The number of ether oxygens (including phenoxy) is 1. The Bertz CT molecular complexity index is 1180. The van der Waals surface area contributed by atoms with Gasteiger partial charge in [-0.15, -0.1) is 10.6 Å². The second-order valence-electron chi connectivity index (χ2n) is 8.16.